The van der Waals surface area contributed by atoms with E-state index in [2.05, 4.69) is 5.10 Å². The molecule has 29 heavy (non-hydrogen) atoms. The molecule has 0 spiro atoms. The zero-order valence-electron chi connectivity index (χ0n) is 15.5. The largest absolute Gasteiger partial charge is 0.353 e. The molecule has 2 aromatic carbocycles. The van der Waals surface area contributed by atoms with Crippen LogP contribution in [0.2, 0.25) is 0 Å². The lowest BCUT2D eigenvalue weighted by atomic mass is 10.3. The first-order valence-electron chi connectivity index (χ1n) is 9.12. The Hall–Kier alpha value is -3.04. The third-order valence-corrected chi connectivity index (χ3v) is 6.71. The van der Waals surface area contributed by atoms with Crippen LogP contribution >= 0.6 is 0 Å². The number of nitrogens with zero attached hydrogens (tertiary/aromatic N) is 4. The van der Waals surface area contributed by atoms with Crippen LogP contribution in [0.25, 0.3) is 5.69 Å². The summed E-state index contributed by atoms with van der Waals surface area (Å²) < 4.78 is 41.3. The second-order valence-corrected chi connectivity index (χ2v) is 8.56. The minimum Gasteiger partial charge on any atom is -0.353 e. The standard InChI is InChI=1S/C20H19FN4O3S/c21-16-6-8-18(9-7-16)29(27,28)24-14-12-23(13-15-24)19-10-11-20(26)25(22-19)17-4-2-1-3-5-17/h1-11H,12-15H2. The van der Waals surface area contributed by atoms with E-state index in [9.17, 15) is 17.6 Å². The zero-order valence-corrected chi connectivity index (χ0v) is 16.3. The maximum atomic E-state index is 13.1. The van der Waals surface area contributed by atoms with Gasteiger partial charge in [0.2, 0.25) is 10.0 Å². The van der Waals surface area contributed by atoms with Gasteiger partial charge in [-0.05, 0) is 42.5 Å². The van der Waals surface area contributed by atoms with Crippen molar-refractivity contribution < 1.29 is 12.8 Å². The first-order valence-corrected chi connectivity index (χ1v) is 10.6. The molecular formula is C20H19FN4O3S. The molecule has 1 aliphatic heterocycles. The Morgan fingerprint density at radius 1 is 0.828 bits per heavy atom. The Kier molecular flexibility index (Phi) is 5.16. The Morgan fingerprint density at radius 2 is 1.48 bits per heavy atom. The fraction of sp³-hybridized carbons (Fsp3) is 0.200. The summed E-state index contributed by atoms with van der Waals surface area (Å²) in [7, 11) is -3.68. The highest BCUT2D eigenvalue weighted by atomic mass is 32.2. The number of aromatic nitrogens is 2. The first kappa shape index (κ1) is 19.3. The molecule has 3 aromatic rings. The highest BCUT2D eigenvalue weighted by Crippen LogP contribution is 2.20. The third kappa shape index (κ3) is 3.92. The highest BCUT2D eigenvalue weighted by Gasteiger charge is 2.29. The Bertz CT molecular complexity index is 1160. The van der Waals surface area contributed by atoms with Gasteiger partial charge in [0.25, 0.3) is 5.56 Å². The number of rotatable bonds is 4. The van der Waals surface area contributed by atoms with E-state index in [1.54, 1.807) is 18.2 Å². The average Bonchev–Trinajstić information content (AvgIpc) is 2.75. The lowest BCUT2D eigenvalue weighted by Gasteiger charge is -2.34. The molecular weight excluding hydrogens is 395 g/mol. The Labute approximate surface area is 167 Å². The van der Waals surface area contributed by atoms with E-state index < -0.39 is 15.8 Å². The van der Waals surface area contributed by atoms with Crippen molar-refractivity contribution in [2.75, 3.05) is 31.1 Å². The van der Waals surface area contributed by atoms with Crippen LogP contribution in [-0.4, -0.2) is 48.7 Å². The summed E-state index contributed by atoms with van der Waals surface area (Å²) >= 11 is 0. The Morgan fingerprint density at radius 3 is 2.14 bits per heavy atom. The molecule has 4 rings (SSSR count). The predicted octanol–water partition coefficient (Wildman–Crippen LogP) is 1.88. The van der Waals surface area contributed by atoms with Gasteiger partial charge in [-0.15, -0.1) is 5.10 Å². The fourth-order valence-corrected chi connectivity index (χ4v) is 4.66. The van der Waals surface area contributed by atoms with Gasteiger partial charge in [0.15, 0.2) is 0 Å². The van der Waals surface area contributed by atoms with Gasteiger partial charge in [-0.25, -0.2) is 12.8 Å². The van der Waals surface area contributed by atoms with Crippen LogP contribution in [-0.2, 0) is 10.0 Å². The smallest absolute Gasteiger partial charge is 0.271 e. The van der Waals surface area contributed by atoms with Crippen molar-refractivity contribution in [1.82, 2.24) is 14.1 Å². The van der Waals surface area contributed by atoms with Crippen molar-refractivity contribution in [2.24, 2.45) is 0 Å². The fourth-order valence-electron chi connectivity index (χ4n) is 3.24. The van der Waals surface area contributed by atoms with Gasteiger partial charge >= 0.3 is 0 Å². The number of anilines is 1. The summed E-state index contributed by atoms with van der Waals surface area (Å²) in [5.74, 6) is 0.126. The van der Waals surface area contributed by atoms with Crippen molar-refractivity contribution in [3.8, 4) is 5.69 Å². The van der Waals surface area contributed by atoms with Gasteiger partial charge in [-0.3, -0.25) is 4.79 Å². The molecule has 0 atom stereocenters. The average molecular weight is 414 g/mol. The topological polar surface area (TPSA) is 75.5 Å². The predicted molar refractivity (Wildman–Crippen MR) is 107 cm³/mol. The van der Waals surface area contributed by atoms with E-state index in [-0.39, 0.29) is 23.5 Å². The van der Waals surface area contributed by atoms with Crippen molar-refractivity contribution in [1.29, 1.82) is 0 Å². The van der Waals surface area contributed by atoms with Gasteiger partial charge in [0, 0.05) is 32.2 Å². The molecule has 1 aromatic heterocycles. The van der Waals surface area contributed by atoms with E-state index in [0.29, 0.717) is 24.6 Å². The van der Waals surface area contributed by atoms with Gasteiger partial charge < -0.3 is 4.90 Å². The summed E-state index contributed by atoms with van der Waals surface area (Å²) in [5, 5.41) is 4.44. The van der Waals surface area contributed by atoms with Crippen LogP contribution in [0.15, 0.2) is 76.4 Å². The number of hydrogen-bond acceptors (Lipinski definition) is 5. The van der Waals surface area contributed by atoms with E-state index in [0.717, 1.165) is 12.1 Å². The third-order valence-electron chi connectivity index (χ3n) is 4.80. The normalized spacial score (nSPS) is 15.4. The molecule has 150 valence electrons. The van der Waals surface area contributed by atoms with Crippen LogP contribution in [0, 0.1) is 5.82 Å². The summed E-state index contributed by atoms with van der Waals surface area (Å²) in [6.07, 6.45) is 0. The molecule has 1 saturated heterocycles. The first-order chi connectivity index (χ1) is 13.9. The highest BCUT2D eigenvalue weighted by molar-refractivity contribution is 7.89. The molecule has 1 fully saturated rings. The number of halogens is 1. The second-order valence-electron chi connectivity index (χ2n) is 6.62. The van der Waals surface area contributed by atoms with E-state index in [1.165, 1.54) is 27.2 Å². The Balaban J connectivity index is 1.52. The van der Waals surface area contributed by atoms with E-state index in [4.69, 9.17) is 0 Å². The SMILES string of the molecule is O=c1ccc(N2CCN(S(=O)(=O)c3ccc(F)cc3)CC2)nn1-c1ccccc1. The van der Waals surface area contributed by atoms with E-state index >= 15 is 0 Å². The lowest BCUT2D eigenvalue weighted by molar-refractivity contribution is 0.383. The van der Waals surface area contributed by atoms with Crippen LogP contribution in [0.3, 0.4) is 0 Å². The molecule has 0 amide bonds. The number of benzene rings is 2. The minimum absolute atomic E-state index is 0.0723. The van der Waals surface area contributed by atoms with Crippen molar-refractivity contribution >= 4 is 15.8 Å². The van der Waals surface area contributed by atoms with Crippen molar-refractivity contribution in [3.63, 3.8) is 0 Å². The second kappa shape index (κ2) is 7.76. The summed E-state index contributed by atoms with van der Waals surface area (Å²) in [5.41, 5.74) is 0.425. The van der Waals surface area contributed by atoms with E-state index in [1.807, 2.05) is 23.1 Å². The van der Waals surface area contributed by atoms with Crippen molar-refractivity contribution in [3.05, 3.63) is 82.9 Å². The maximum absolute atomic E-state index is 13.1. The molecule has 0 unspecified atom stereocenters. The summed E-state index contributed by atoms with van der Waals surface area (Å²) in [6, 6.07) is 17.0. The van der Waals surface area contributed by atoms with Crippen LogP contribution in [0.1, 0.15) is 0 Å². The lowest BCUT2D eigenvalue weighted by Crippen LogP contribution is -2.49. The molecule has 1 aliphatic rings. The summed E-state index contributed by atoms with van der Waals surface area (Å²) in [6.45, 7) is 1.40. The quantitative estimate of drug-likeness (QED) is 0.652. The van der Waals surface area contributed by atoms with Gasteiger partial charge in [-0.1, -0.05) is 18.2 Å². The number of piperazine rings is 1. The van der Waals surface area contributed by atoms with Crippen LogP contribution in [0.5, 0.6) is 0 Å². The summed E-state index contributed by atoms with van der Waals surface area (Å²) in [4.78, 5) is 14.2. The van der Waals surface area contributed by atoms with Crippen LogP contribution in [0.4, 0.5) is 10.2 Å². The monoisotopic (exact) mass is 414 g/mol. The molecule has 7 nitrogen and oxygen atoms in total. The molecule has 0 saturated carbocycles. The number of hydrogen-bond donors (Lipinski definition) is 0. The van der Waals surface area contributed by atoms with Crippen molar-refractivity contribution in [2.45, 2.75) is 4.90 Å². The molecule has 0 radical (unpaired) electrons. The molecule has 2 heterocycles. The van der Waals surface area contributed by atoms with Gasteiger partial charge in [0.1, 0.15) is 11.6 Å². The number of sulfonamides is 1. The molecule has 0 aliphatic carbocycles. The minimum atomic E-state index is -3.68. The van der Waals surface area contributed by atoms with Gasteiger partial charge in [0.05, 0.1) is 10.6 Å². The van der Waals surface area contributed by atoms with Crippen LogP contribution < -0.4 is 10.5 Å². The zero-order chi connectivity index (χ0) is 20.4. The maximum Gasteiger partial charge on any atom is 0.271 e. The molecule has 9 heteroatoms. The molecule has 0 bridgehead atoms. The number of para-hydroxylation sites is 1. The van der Waals surface area contributed by atoms with Gasteiger partial charge in [-0.2, -0.15) is 8.99 Å². The molecule has 0 N–H and O–H groups in total.